The van der Waals surface area contributed by atoms with Crippen molar-refractivity contribution in [3.05, 3.63) is 174 Å². The SMILES string of the molecule is [2H]c1c([2H])c([2H])c2c(c1[2H])c1ccc(Oc3[c-]c(N4[CH-]N(c5c(C6CCCCC6)cc(C(C)(C)C)cc5C5CCCCC5)c5ccccc54)cc(-c4c(C(C)(C)C)cccc4C(C)(C)C)c3)[c-]c1n2-c1nc2ccccc2n1C([2H])([2H])[2H].[Pt]. The fourth-order valence-corrected chi connectivity index (χ4v) is 12.5. The Balaban J connectivity index is 0.00000721. The van der Waals surface area contributed by atoms with Gasteiger partial charge in [0, 0.05) is 66.2 Å². The van der Waals surface area contributed by atoms with E-state index in [1.807, 2.05) is 0 Å². The minimum atomic E-state index is -2.72. The van der Waals surface area contributed by atoms with Crippen molar-refractivity contribution < 1.29 is 35.4 Å². The summed E-state index contributed by atoms with van der Waals surface area (Å²) in [5.41, 5.74) is 13.6. The zero-order chi connectivity index (χ0) is 57.9. The average Bonchev–Trinajstić information content (AvgIpc) is 1.88. The molecule has 12 rings (SSSR count). The van der Waals surface area contributed by atoms with E-state index in [0.29, 0.717) is 34.0 Å². The van der Waals surface area contributed by atoms with Crippen LogP contribution in [0.1, 0.15) is 176 Å². The Morgan fingerprint density at radius 2 is 1.24 bits per heavy atom. The van der Waals surface area contributed by atoms with E-state index in [9.17, 15) is 2.74 Å². The number of anilines is 4. The number of ether oxygens (including phenoxy) is 1. The molecule has 76 heavy (non-hydrogen) atoms. The molecule has 6 nitrogen and oxygen atoms in total. The standard InChI is InChI=1S/C69H74N5O.Pt/c1-67(2,3)48-40-54(45-24-13-11-14-25-45)65(55(41-48)46-26-15-12-16-27-46)73-44-72(61-34-21-22-35-62(61)73)49-38-47(64-56(68(4,5)6)29-23-30-57(64)69(7,8)9)39-51(42-49)75-50-36-37-53-52-28-17-19-32-59(52)74(63(53)43-50)66-70-58-31-18-20-33-60(58)71(66)10;/h17-23,28-41,44-46H,11-16,24-27H2,1-10H3;/q-3;/i10D3,17D,19D,28D,32D;. The van der Waals surface area contributed by atoms with Crippen LogP contribution in [0.5, 0.6) is 11.5 Å². The molecule has 2 aliphatic carbocycles. The van der Waals surface area contributed by atoms with Gasteiger partial charge in [0.25, 0.3) is 0 Å². The summed E-state index contributed by atoms with van der Waals surface area (Å²) >= 11 is 0. The molecule has 0 saturated heterocycles. The van der Waals surface area contributed by atoms with Crippen LogP contribution in [-0.2, 0) is 44.3 Å². The maximum Gasteiger partial charge on any atom is 0.213 e. The third-order valence-corrected chi connectivity index (χ3v) is 16.3. The van der Waals surface area contributed by atoms with Crippen LogP contribution in [0.15, 0.2) is 127 Å². The maximum absolute atomic E-state index is 9.31. The Bertz CT molecular complexity index is 3910. The van der Waals surface area contributed by atoms with Crippen molar-refractivity contribution in [2.45, 2.75) is 155 Å². The topological polar surface area (TPSA) is 38.5 Å². The summed E-state index contributed by atoms with van der Waals surface area (Å²) in [6.07, 6.45) is 12.2. The summed E-state index contributed by atoms with van der Waals surface area (Å²) in [5, 5.41) is 0.654. The van der Waals surface area contributed by atoms with E-state index in [4.69, 9.17) is 16.6 Å². The van der Waals surface area contributed by atoms with Crippen molar-refractivity contribution in [1.29, 1.82) is 0 Å². The van der Waals surface area contributed by atoms with Crippen LogP contribution in [0.2, 0.25) is 0 Å². The van der Waals surface area contributed by atoms with Gasteiger partial charge in [-0.05, 0) is 123 Å². The van der Waals surface area contributed by atoms with E-state index in [1.165, 1.54) is 102 Å². The molecular formula is C69H74N5OPt-3. The fraction of sp³-hybridized carbons (Fsp3) is 0.362. The van der Waals surface area contributed by atoms with Gasteiger partial charge in [-0.25, -0.2) is 4.98 Å². The molecule has 7 aromatic carbocycles. The average molecular weight is 1190 g/mol. The van der Waals surface area contributed by atoms with Gasteiger partial charge in [0.2, 0.25) is 5.95 Å². The number of aromatic nitrogens is 3. The predicted molar refractivity (Wildman–Crippen MR) is 314 cm³/mol. The van der Waals surface area contributed by atoms with Gasteiger partial charge in [0.05, 0.1) is 16.5 Å². The molecule has 9 aromatic rings. The molecule has 1 aliphatic heterocycles. The van der Waals surface area contributed by atoms with Gasteiger partial charge in [-0.3, -0.25) is 0 Å². The van der Waals surface area contributed by atoms with Gasteiger partial charge in [-0.1, -0.05) is 179 Å². The van der Waals surface area contributed by atoms with Crippen LogP contribution in [0.25, 0.3) is 49.9 Å². The first-order valence-corrected chi connectivity index (χ1v) is 27.4. The number of fused-ring (bicyclic) bond motifs is 5. The van der Waals surface area contributed by atoms with E-state index in [-0.39, 0.29) is 77.5 Å². The van der Waals surface area contributed by atoms with Crippen LogP contribution in [0, 0.1) is 18.8 Å². The first kappa shape index (κ1) is 43.9. The molecule has 0 amide bonds. The molecule has 2 saturated carbocycles. The maximum atomic E-state index is 9.31. The van der Waals surface area contributed by atoms with E-state index in [0.717, 1.165) is 32.8 Å². The zero-order valence-electron chi connectivity index (χ0n) is 52.6. The molecule has 2 aromatic heterocycles. The zero-order valence-corrected chi connectivity index (χ0v) is 47.9. The number of nitrogens with zero attached hydrogens (tertiary/aromatic N) is 5. The van der Waals surface area contributed by atoms with Crippen molar-refractivity contribution in [3.8, 4) is 28.6 Å². The third kappa shape index (κ3) is 9.39. The normalized spacial score (nSPS) is 17.5. The predicted octanol–water partition coefficient (Wildman–Crippen LogP) is 19.1. The van der Waals surface area contributed by atoms with Crippen LogP contribution in [0.4, 0.5) is 22.7 Å². The van der Waals surface area contributed by atoms with E-state index in [2.05, 4.69) is 158 Å². The molecule has 3 heterocycles. The summed E-state index contributed by atoms with van der Waals surface area (Å²) in [6.45, 7) is 20.2. The molecule has 0 N–H and O–H groups in total. The second-order valence-corrected chi connectivity index (χ2v) is 24.6. The molecule has 7 heteroatoms. The van der Waals surface area contributed by atoms with E-state index in [1.54, 1.807) is 36.4 Å². The van der Waals surface area contributed by atoms with Crippen LogP contribution < -0.4 is 14.5 Å². The first-order chi connectivity index (χ1) is 38.9. The molecule has 0 radical (unpaired) electrons. The third-order valence-electron chi connectivity index (χ3n) is 16.3. The van der Waals surface area contributed by atoms with Crippen LogP contribution in [0.3, 0.4) is 0 Å². The second kappa shape index (κ2) is 20.0. The Hall–Kier alpha value is -6.10. The largest absolute Gasteiger partial charge is 0.509 e. The van der Waals surface area contributed by atoms with Crippen molar-refractivity contribution in [1.82, 2.24) is 14.1 Å². The van der Waals surface area contributed by atoms with Crippen molar-refractivity contribution in [2.24, 2.45) is 6.98 Å². The second-order valence-electron chi connectivity index (χ2n) is 24.6. The van der Waals surface area contributed by atoms with Gasteiger partial charge in [-0.15, -0.1) is 53.6 Å². The number of rotatable bonds is 8. The van der Waals surface area contributed by atoms with Gasteiger partial charge < -0.3 is 23.7 Å². The Labute approximate surface area is 476 Å². The molecule has 2 fully saturated rings. The minimum absolute atomic E-state index is 0. The molecule has 394 valence electrons. The van der Waals surface area contributed by atoms with Gasteiger partial charge in [0.1, 0.15) is 0 Å². The summed E-state index contributed by atoms with van der Waals surface area (Å²) in [4.78, 5) is 9.65. The smallest absolute Gasteiger partial charge is 0.213 e. The van der Waals surface area contributed by atoms with Gasteiger partial charge in [0.15, 0.2) is 0 Å². The van der Waals surface area contributed by atoms with Crippen molar-refractivity contribution in [2.75, 3.05) is 9.80 Å². The number of aryl methyl sites for hydroxylation is 1. The number of hydrogen-bond acceptors (Lipinski definition) is 4. The molecule has 0 atom stereocenters. The van der Waals surface area contributed by atoms with Crippen molar-refractivity contribution in [3.63, 3.8) is 0 Å². The Morgan fingerprint density at radius 1 is 0.618 bits per heavy atom. The number of hydrogen-bond donors (Lipinski definition) is 0. The van der Waals surface area contributed by atoms with E-state index < -0.39 is 19.1 Å². The summed E-state index contributed by atoms with van der Waals surface area (Å²) < 4.78 is 72.2. The van der Waals surface area contributed by atoms with Gasteiger partial charge >= 0.3 is 0 Å². The number of imidazole rings is 1. The number of para-hydroxylation sites is 5. The minimum Gasteiger partial charge on any atom is -0.509 e. The molecule has 3 aliphatic rings. The summed E-state index contributed by atoms with van der Waals surface area (Å²) in [6, 6.07) is 41.1. The molecular weight excluding hydrogens is 1110 g/mol. The van der Waals surface area contributed by atoms with Crippen LogP contribution >= 0.6 is 0 Å². The van der Waals surface area contributed by atoms with Crippen molar-refractivity contribution >= 4 is 55.6 Å². The Kier molecular flexibility index (Phi) is 11.6. The Morgan fingerprint density at radius 3 is 1.87 bits per heavy atom. The summed E-state index contributed by atoms with van der Waals surface area (Å²) in [7, 11) is 0. The molecule has 0 bridgehead atoms. The van der Waals surface area contributed by atoms with E-state index >= 15 is 0 Å². The number of benzene rings is 7. The monoisotopic (exact) mass is 1190 g/mol. The van der Waals surface area contributed by atoms with Gasteiger partial charge in [-0.2, -0.15) is 6.07 Å². The quantitative estimate of drug-likeness (QED) is 0.142. The van der Waals surface area contributed by atoms with Crippen LogP contribution in [-0.4, -0.2) is 14.1 Å². The molecule has 0 spiro atoms. The first-order valence-electron chi connectivity index (χ1n) is 30.9. The fourth-order valence-electron chi connectivity index (χ4n) is 12.5. The summed E-state index contributed by atoms with van der Waals surface area (Å²) in [5.74, 6) is 1.54. The molecule has 0 unspecified atom stereocenters.